The molecule has 0 bridgehead atoms. The summed E-state index contributed by atoms with van der Waals surface area (Å²) in [5.74, 6) is -0.646. The van der Waals surface area contributed by atoms with E-state index < -0.39 is 5.90 Å². The van der Waals surface area contributed by atoms with Crippen molar-refractivity contribution >= 4 is 16.8 Å². The highest BCUT2D eigenvalue weighted by Gasteiger charge is 1.99. The number of benzene rings is 1. The number of hydrogen-bond donors (Lipinski definition) is 2. The zero-order valence-electron chi connectivity index (χ0n) is 6.29. The zero-order valence-corrected chi connectivity index (χ0v) is 6.29. The van der Waals surface area contributed by atoms with E-state index in [1.54, 1.807) is 6.20 Å². The lowest BCUT2D eigenvalue weighted by molar-refractivity contribution is -0.214. The fourth-order valence-corrected chi connectivity index (χ4v) is 1.26. The third-order valence-electron chi connectivity index (χ3n) is 1.83. The van der Waals surface area contributed by atoms with Crippen LogP contribution in [-0.2, 0) is 0 Å². The molecule has 0 saturated carbocycles. The quantitative estimate of drug-likeness (QED) is 0.470. The maximum atomic E-state index is 10.8. The smallest absolute Gasteiger partial charge is 0.0460 e. The highest BCUT2D eigenvalue weighted by Crippen LogP contribution is 2.16. The largest absolute Gasteiger partial charge is 0.859 e. The minimum atomic E-state index is -0.646. The Kier molecular flexibility index (Phi) is 1.37. The van der Waals surface area contributed by atoms with Gasteiger partial charge >= 0.3 is 0 Å². The summed E-state index contributed by atoms with van der Waals surface area (Å²) in [7, 11) is 0. The minimum Gasteiger partial charge on any atom is -0.859 e. The van der Waals surface area contributed by atoms with Gasteiger partial charge in [0.15, 0.2) is 0 Å². The number of rotatable bonds is 1. The lowest BCUT2D eigenvalue weighted by Gasteiger charge is -2.03. The van der Waals surface area contributed by atoms with E-state index in [-0.39, 0.29) is 0 Å². The molecule has 3 heteroatoms. The van der Waals surface area contributed by atoms with Gasteiger partial charge in [0.1, 0.15) is 0 Å². The Labute approximate surface area is 69.2 Å². The predicted octanol–water partition coefficient (Wildman–Crippen LogP) is 0.854. The standard InChI is InChI=1S/C9H8N2O/c10-9(12)7-5-11-8-4-2-1-3-6(7)8/h1-5,11H,(H2,10,12)/p-1. The molecule has 1 aromatic carbocycles. The van der Waals surface area contributed by atoms with Crippen LogP contribution in [0.25, 0.3) is 10.9 Å². The number of aromatic nitrogens is 1. The Morgan fingerprint density at radius 1 is 1.33 bits per heavy atom. The zero-order chi connectivity index (χ0) is 8.55. The lowest BCUT2D eigenvalue weighted by atomic mass is 10.2. The van der Waals surface area contributed by atoms with Crippen molar-refractivity contribution in [2.75, 3.05) is 0 Å². The molecule has 3 nitrogen and oxygen atoms in total. The third kappa shape index (κ3) is 0.871. The molecule has 12 heavy (non-hydrogen) atoms. The summed E-state index contributed by atoms with van der Waals surface area (Å²) in [5.41, 5.74) is 1.33. The summed E-state index contributed by atoms with van der Waals surface area (Å²) in [6, 6.07) is 7.44. The van der Waals surface area contributed by atoms with Crippen molar-refractivity contribution in [2.24, 2.45) is 0 Å². The molecule has 0 fully saturated rings. The van der Waals surface area contributed by atoms with Gasteiger partial charge in [-0.05, 0) is 12.0 Å². The Morgan fingerprint density at radius 3 is 2.83 bits per heavy atom. The number of hydrogen-bond acceptors (Lipinski definition) is 2. The van der Waals surface area contributed by atoms with Crippen molar-refractivity contribution in [1.82, 2.24) is 4.98 Å². The lowest BCUT2D eigenvalue weighted by Crippen LogP contribution is -2.15. The molecule has 2 aromatic rings. The first-order valence-corrected chi connectivity index (χ1v) is 3.61. The van der Waals surface area contributed by atoms with Crippen LogP contribution in [-0.4, -0.2) is 10.9 Å². The van der Waals surface area contributed by atoms with E-state index in [0.717, 1.165) is 10.9 Å². The van der Waals surface area contributed by atoms with Crippen molar-refractivity contribution in [3.63, 3.8) is 0 Å². The molecule has 60 valence electrons. The van der Waals surface area contributed by atoms with Crippen LogP contribution in [0.1, 0.15) is 5.56 Å². The van der Waals surface area contributed by atoms with Crippen LogP contribution < -0.4 is 5.11 Å². The molecule has 0 atom stereocenters. The molecule has 0 aliphatic rings. The Hall–Kier alpha value is -1.77. The average Bonchev–Trinajstić information content (AvgIpc) is 2.47. The van der Waals surface area contributed by atoms with Crippen LogP contribution in [0.5, 0.6) is 0 Å². The molecule has 0 radical (unpaired) electrons. The van der Waals surface area contributed by atoms with Crippen molar-refractivity contribution in [2.45, 2.75) is 0 Å². The van der Waals surface area contributed by atoms with E-state index in [0.29, 0.717) is 5.56 Å². The van der Waals surface area contributed by atoms with E-state index in [2.05, 4.69) is 4.98 Å². The fourth-order valence-electron chi connectivity index (χ4n) is 1.26. The third-order valence-corrected chi connectivity index (χ3v) is 1.83. The highest BCUT2D eigenvalue weighted by molar-refractivity contribution is 6.03. The Bertz CT molecular complexity index is 431. The molecular formula is C9H7N2O-. The summed E-state index contributed by atoms with van der Waals surface area (Å²) in [5, 5.41) is 18.5. The molecular weight excluding hydrogens is 152 g/mol. The number of aromatic amines is 1. The highest BCUT2D eigenvalue weighted by atomic mass is 16.3. The number of fused-ring (bicyclic) bond motifs is 1. The maximum Gasteiger partial charge on any atom is 0.0460 e. The second kappa shape index (κ2) is 2.37. The van der Waals surface area contributed by atoms with Gasteiger partial charge in [0.25, 0.3) is 0 Å². The average molecular weight is 159 g/mol. The molecule has 0 aliphatic carbocycles. The summed E-state index contributed by atoms with van der Waals surface area (Å²) >= 11 is 0. The molecule has 0 aliphatic heterocycles. The van der Waals surface area contributed by atoms with Crippen LogP contribution in [0.15, 0.2) is 30.5 Å². The van der Waals surface area contributed by atoms with E-state index >= 15 is 0 Å². The summed E-state index contributed by atoms with van der Waals surface area (Å²) in [4.78, 5) is 2.93. The first-order valence-electron chi connectivity index (χ1n) is 3.61. The van der Waals surface area contributed by atoms with Crippen molar-refractivity contribution in [3.8, 4) is 0 Å². The van der Waals surface area contributed by atoms with Gasteiger partial charge in [-0.2, -0.15) is 0 Å². The van der Waals surface area contributed by atoms with Gasteiger partial charge in [-0.15, -0.1) is 0 Å². The summed E-state index contributed by atoms with van der Waals surface area (Å²) < 4.78 is 0. The minimum absolute atomic E-state index is 0.436. The molecule has 2 rings (SSSR count). The van der Waals surface area contributed by atoms with Crippen molar-refractivity contribution in [3.05, 3.63) is 36.0 Å². The van der Waals surface area contributed by atoms with Gasteiger partial charge in [0, 0.05) is 22.7 Å². The maximum absolute atomic E-state index is 10.8. The van der Waals surface area contributed by atoms with Crippen LogP contribution in [0.4, 0.5) is 0 Å². The molecule has 2 N–H and O–H groups in total. The monoisotopic (exact) mass is 159 g/mol. The molecule has 0 saturated heterocycles. The van der Waals surface area contributed by atoms with Gasteiger partial charge in [-0.3, -0.25) is 0 Å². The predicted molar refractivity (Wildman–Crippen MR) is 45.1 cm³/mol. The van der Waals surface area contributed by atoms with Crippen molar-refractivity contribution in [1.29, 1.82) is 5.41 Å². The van der Waals surface area contributed by atoms with Crippen molar-refractivity contribution < 1.29 is 5.11 Å². The molecule has 0 amide bonds. The number of H-pyrrole nitrogens is 1. The van der Waals surface area contributed by atoms with Gasteiger partial charge in [0.05, 0.1) is 0 Å². The Morgan fingerprint density at radius 2 is 2.08 bits per heavy atom. The molecule has 0 spiro atoms. The first kappa shape index (κ1) is 6.91. The topological polar surface area (TPSA) is 62.7 Å². The van der Waals surface area contributed by atoms with E-state index in [1.165, 1.54) is 0 Å². The van der Waals surface area contributed by atoms with E-state index in [1.807, 2.05) is 24.3 Å². The van der Waals surface area contributed by atoms with E-state index in [9.17, 15) is 5.11 Å². The number of para-hydroxylation sites is 1. The fraction of sp³-hybridized carbons (Fsp3) is 0. The van der Waals surface area contributed by atoms with Gasteiger partial charge in [-0.1, -0.05) is 18.2 Å². The first-order chi connectivity index (χ1) is 5.79. The normalized spacial score (nSPS) is 10.3. The summed E-state index contributed by atoms with van der Waals surface area (Å²) in [6.45, 7) is 0. The Balaban J connectivity index is 2.79. The van der Waals surface area contributed by atoms with Gasteiger partial charge in [-0.25, -0.2) is 0 Å². The van der Waals surface area contributed by atoms with Crippen LogP contribution in [0.2, 0.25) is 0 Å². The second-order valence-electron chi connectivity index (χ2n) is 2.58. The van der Waals surface area contributed by atoms with Crippen LogP contribution >= 0.6 is 0 Å². The molecule has 1 heterocycles. The van der Waals surface area contributed by atoms with Gasteiger partial charge in [0.2, 0.25) is 0 Å². The second-order valence-corrected chi connectivity index (χ2v) is 2.58. The SMILES string of the molecule is N=C([O-])c1c[nH]c2ccccc12. The molecule has 1 aromatic heterocycles. The van der Waals surface area contributed by atoms with Crippen LogP contribution in [0, 0.1) is 5.41 Å². The summed E-state index contributed by atoms with van der Waals surface area (Å²) in [6.07, 6.45) is 1.57. The van der Waals surface area contributed by atoms with Crippen LogP contribution in [0.3, 0.4) is 0 Å². The number of nitrogens with one attached hydrogen (secondary N) is 2. The van der Waals surface area contributed by atoms with Gasteiger partial charge < -0.3 is 15.5 Å². The van der Waals surface area contributed by atoms with E-state index in [4.69, 9.17) is 5.41 Å². The molecule has 0 unspecified atom stereocenters.